The fraction of sp³-hybridized carbons (Fsp3) is 0.222. The van der Waals surface area contributed by atoms with Gasteiger partial charge < -0.3 is 14.8 Å². The van der Waals surface area contributed by atoms with E-state index >= 15 is 0 Å². The monoisotopic (exact) mass is 374 g/mol. The second-order valence-electron chi connectivity index (χ2n) is 5.56. The van der Waals surface area contributed by atoms with Crippen molar-refractivity contribution in [1.29, 1.82) is 0 Å². The molecule has 0 fully saturated rings. The molecule has 1 aromatic heterocycles. The third-order valence-electron chi connectivity index (χ3n) is 3.82. The topological polar surface area (TPSA) is 60.5 Å². The van der Waals surface area contributed by atoms with Crippen molar-refractivity contribution in [3.05, 3.63) is 52.0 Å². The highest BCUT2D eigenvalue weighted by atomic mass is 35.5. The normalized spacial score (nSPS) is 13.0. The lowest BCUT2D eigenvalue weighted by atomic mass is 10.1. The minimum atomic E-state index is -0.194. The second-order valence-corrected chi connectivity index (χ2v) is 7.09. The van der Waals surface area contributed by atoms with Crippen LogP contribution in [-0.2, 0) is 6.42 Å². The van der Waals surface area contributed by atoms with Crippen molar-refractivity contribution in [2.45, 2.75) is 6.42 Å². The number of halogens is 1. The molecule has 0 spiro atoms. The van der Waals surface area contributed by atoms with Crippen molar-refractivity contribution in [3.8, 4) is 11.5 Å². The zero-order valence-corrected chi connectivity index (χ0v) is 14.8. The molecule has 4 rings (SSSR count). The van der Waals surface area contributed by atoms with Gasteiger partial charge in [-0.3, -0.25) is 4.79 Å². The molecule has 25 heavy (non-hydrogen) atoms. The molecule has 128 valence electrons. The largest absolute Gasteiger partial charge is 0.486 e. The van der Waals surface area contributed by atoms with Gasteiger partial charge in [-0.15, -0.1) is 11.3 Å². The van der Waals surface area contributed by atoms with E-state index in [1.165, 1.54) is 0 Å². The van der Waals surface area contributed by atoms with Crippen molar-refractivity contribution in [3.63, 3.8) is 0 Å². The van der Waals surface area contributed by atoms with E-state index in [0.717, 1.165) is 15.2 Å². The van der Waals surface area contributed by atoms with E-state index in [2.05, 4.69) is 10.3 Å². The molecule has 2 aromatic carbocycles. The number of para-hydroxylation sites is 1. The van der Waals surface area contributed by atoms with E-state index in [4.69, 9.17) is 21.1 Å². The predicted octanol–water partition coefficient (Wildman–Crippen LogP) is 3.69. The van der Waals surface area contributed by atoms with Gasteiger partial charge in [0.2, 0.25) is 0 Å². The number of benzene rings is 2. The van der Waals surface area contributed by atoms with Crippen LogP contribution in [0.1, 0.15) is 15.4 Å². The highest BCUT2D eigenvalue weighted by Crippen LogP contribution is 2.38. The van der Waals surface area contributed by atoms with E-state index in [9.17, 15) is 4.79 Å². The van der Waals surface area contributed by atoms with Gasteiger partial charge >= 0.3 is 0 Å². The minimum absolute atomic E-state index is 0.194. The summed E-state index contributed by atoms with van der Waals surface area (Å²) in [6, 6.07) is 11.3. The molecule has 0 unspecified atom stereocenters. The fourth-order valence-corrected chi connectivity index (χ4v) is 3.89. The van der Waals surface area contributed by atoms with Crippen LogP contribution in [0.4, 0.5) is 0 Å². The van der Waals surface area contributed by atoms with Crippen LogP contribution in [0.15, 0.2) is 36.4 Å². The quantitative estimate of drug-likeness (QED) is 0.756. The molecule has 0 bridgehead atoms. The van der Waals surface area contributed by atoms with E-state index in [0.29, 0.717) is 48.3 Å². The number of carbonyl (C=O) groups is 1. The maximum absolute atomic E-state index is 12.4. The summed E-state index contributed by atoms with van der Waals surface area (Å²) in [5.74, 6) is 0.814. The van der Waals surface area contributed by atoms with Gasteiger partial charge in [-0.05, 0) is 24.3 Å². The molecule has 0 aliphatic carbocycles. The van der Waals surface area contributed by atoms with Crippen LogP contribution >= 0.6 is 22.9 Å². The smallest absolute Gasteiger partial charge is 0.251 e. The Morgan fingerprint density at radius 1 is 1.24 bits per heavy atom. The number of amides is 1. The lowest BCUT2D eigenvalue weighted by molar-refractivity contribution is 0.0953. The van der Waals surface area contributed by atoms with E-state index in [1.807, 2.05) is 24.3 Å². The predicted molar refractivity (Wildman–Crippen MR) is 98.1 cm³/mol. The van der Waals surface area contributed by atoms with Crippen LogP contribution in [0.2, 0.25) is 5.02 Å². The summed E-state index contributed by atoms with van der Waals surface area (Å²) in [4.78, 5) is 16.9. The average molecular weight is 375 g/mol. The number of thiazole rings is 1. The highest BCUT2D eigenvalue weighted by Gasteiger charge is 2.19. The molecule has 0 saturated carbocycles. The Kier molecular flexibility index (Phi) is 4.46. The second kappa shape index (κ2) is 6.90. The Balaban J connectivity index is 1.41. The molecular weight excluding hydrogens is 360 g/mol. The zero-order valence-electron chi connectivity index (χ0n) is 13.3. The van der Waals surface area contributed by atoms with Crippen LogP contribution in [0.5, 0.6) is 11.5 Å². The maximum atomic E-state index is 12.4. The van der Waals surface area contributed by atoms with Crippen LogP contribution < -0.4 is 14.8 Å². The minimum Gasteiger partial charge on any atom is -0.486 e. The number of rotatable bonds is 4. The van der Waals surface area contributed by atoms with Gasteiger partial charge in [0.15, 0.2) is 11.5 Å². The van der Waals surface area contributed by atoms with Crippen molar-refractivity contribution in [2.24, 2.45) is 0 Å². The molecule has 1 aliphatic rings. The molecule has 0 atom stereocenters. The maximum Gasteiger partial charge on any atom is 0.251 e. The Hall–Kier alpha value is -2.31. The van der Waals surface area contributed by atoms with Gasteiger partial charge in [0.1, 0.15) is 13.2 Å². The van der Waals surface area contributed by atoms with Gasteiger partial charge in [0.25, 0.3) is 5.91 Å². The summed E-state index contributed by atoms with van der Waals surface area (Å²) in [5, 5.41) is 4.28. The average Bonchev–Trinajstić information content (AvgIpc) is 3.04. The molecule has 3 aromatic rings. The van der Waals surface area contributed by atoms with Gasteiger partial charge in [-0.1, -0.05) is 23.7 Å². The Morgan fingerprint density at radius 3 is 2.96 bits per heavy atom. The van der Waals surface area contributed by atoms with Gasteiger partial charge in [0, 0.05) is 18.5 Å². The number of hydrogen-bond acceptors (Lipinski definition) is 5. The molecule has 1 aliphatic heterocycles. The SMILES string of the molecule is O=C(NCCc1nc2ccccc2s1)c1cc(Cl)c2c(c1)OCCO2. The first kappa shape index (κ1) is 16.2. The van der Waals surface area contributed by atoms with E-state index in [1.54, 1.807) is 23.5 Å². The van der Waals surface area contributed by atoms with Gasteiger partial charge in [0.05, 0.1) is 20.2 Å². The molecule has 5 nitrogen and oxygen atoms in total. The third-order valence-corrected chi connectivity index (χ3v) is 5.20. The number of hydrogen-bond donors (Lipinski definition) is 1. The number of carbonyl (C=O) groups excluding carboxylic acids is 1. The Labute approximate surface area is 153 Å². The first-order valence-electron chi connectivity index (χ1n) is 7.92. The molecule has 0 radical (unpaired) electrons. The third kappa shape index (κ3) is 3.41. The fourth-order valence-electron chi connectivity index (χ4n) is 2.65. The van der Waals surface area contributed by atoms with Crippen molar-refractivity contribution in [2.75, 3.05) is 19.8 Å². The lowest BCUT2D eigenvalue weighted by Crippen LogP contribution is -2.26. The number of fused-ring (bicyclic) bond motifs is 2. The van der Waals surface area contributed by atoms with E-state index < -0.39 is 0 Å². The molecule has 7 heteroatoms. The Morgan fingerprint density at radius 2 is 2.08 bits per heavy atom. The van der Waals surface area contributed by atoms with Gasteiger partial charge in [-0.25, -0.2) is 4.98 Å². The number of nitrogens with zero attached hydrogens (tertiary/aromatic N) is 1. The summed E-state index contributed by atoms with van der Waals surface area (Å²) < 4.78 is 12.1. The Bertz CT molecular complexity index is 908. The first-order chi connectivity index (χ1) is 12.2. The molecule has 1 amide bonds. The van der Waals surface area contributed by atoms with E-state index in [-0.39, 0.29) is 5.91 Å². The first-order valence-corrected chi connectivity index (χ1v) is 9.12. The van der Waals surface area contributed by atoms with Crippen LogP contribution in [0.3, 0.4) is 0 Å². The van der Waals surface area contributed by atoms with Crippen LogP contribution in [0.25, 0.3) is 10.2 Å². The molecule has 0 saturated heterocycles. The number of ether oxygens (including phenoxy) is 2. The zero-order chi connectivity index (χ0) is 17.2. The van der Waals surface area contributed by atoms with Crippen molar-refractivity contribution in [1.82, 2.24) is 10.3 Å². The van der Waals surface area contributed by atoms with Crippen LogP contribution in [0, 0.1) is 0 Å². The van der Waals surface area contributed by atoms with Crippen molar-refractivity contribution >= 4 is 39.1 Å². The molecule has 2 heterocycles. The number of aromatic nitrogens is 1. The van der Waals surface area contributed by atoms with Crippen LogP contribution in [-0.4, -0.2) is 30.6 Å². The summed E-state index contributed by atoms with van der Waals surface area (Å²) >= 11 is 7.82. The summed E-state index contributed by atoms with van der Waals surface area (Å²) in [7, 11) is 0. The molecule has 1 N–H and O–H groups in total. The van der Waals surface area contributed by atoms with Gasteiger partial charge in [-0.2, -0.15) is 0 Å². The summed E-state index contributed by atoms with van der Waals surface area (Å²) in [6.07, 6.45) is 0.684. The summed E-state index contributed by atoms with van der Waals surface area (Å²) in [6.45, 7) is 1.41. The standard InChI is InChI=1S/C18H15ClN2O3S/c19-12-9-11(10-14-17(12)24-8-7-23-14)18(22)20-6-5-16-21-13-3-1-2-4-15(13)25-16/h1-4,9-10H,5-8H2,(H,20,22). The lowest BCUT2D eigenvalue weighted by Gasteiger charge is -2.20. The van der Waals surface area contributed by atoms with Crippen molar-refractivity contribution < 1.29 is 14.3 Å². The number of nitrogens with one attached hydrogen (secondary N) is 1. The highest BCUT2D eigenvalue weighted by molar-refractivity contribution is 7.18. The summed E-state index contributed by atoms with van der Waals surface area (Å²) in [5.41, 5.74) is 1.45. The molecular formula is C18H15ClN2O3S.